The van der Waals surface area contributed by atoms with Gasteiger partial charge >= 0.3 is 24.0 Å². The predicted octanol–water partition coefficient (Wildman–Crippen LogP) is 4.72. The van der Waals surface area contributed by atoms with Crippen LogP contribution in [0.2, 0.25) is 0 Å². The lowest BCUT2D eigenvalue weighted by molar-refractivity contribution is -0.179. The van der Waals surface area contributed by atoms with E-state index in [4.69, 9.17) is 29.4 Å². The number of rotatable bonds is 13. The van der Waals surface area contributed by atoms with Crippen molar-refractivity contribution in [2.45, 2.75) is 56.1 Å². The molecule has 6 amide bonds. The van der Waals surface area contributed by atoms with Crippen LogP contribution in [0, 0.1) is 23.7 Å². The Hall–Kier alpha value is -8.44. The van der Waals surface area contributed by atoms with Crippen molar-refractivity contribution >= 4 is 41.5 Å². The summed E-state index contributed by atoms with van der Waals surface area (Å²) < 4.78 is 29.0. The fraction of sp³-hybridized carbons (Fsp3) is 0.345. The first-order chi connectivity index (χ1) is 37.3. The summed E-state index contributed by atoms with van der Waals surface area (Å²) >= 11 is 0. The van der Waals surface area contributed by atoms with Gasteiger partial charge in [0, 0.05) is 38.3 Å². The second-order valence-electron chi connectivity index (χ2n) is 19.8. The van der Waals surface area contributed by atoms with E-state index in [9.17, 15) is 14.7 Å². The van der Waals surface area contributed by atoms with Gasteiger partial charge in [-0.15, -0.1) is 0 Å². The Labute approximate surface area is 445 Å². The summed E-state index contributed by atoms with van der Waals surface area (Å²) in [5.41, 5.74) is 6.61. The Balaban J connectivity index is 1.20. The van der Waals surface area contributed by atoms with Crippen molar-refractivity contribution in [3.63, 3.8) is 0 Å². The highest BCUT2D eigenvalue weighted by atomic mass is 16.7. The van der Waals surface area contributed by atoms with Crippen molar-refractivity contribution in [2.24, 2.45) is 17.6 Å². The SMILES string of the molecule is COC(=O)[C@@H](NC(=O)N1C(=O)[C@@]2(c3cc(C#CCNC(N)=O)ccc31)[C@H](C(=O)N1CCN(Cc3ccc4c(c3)OCO4)CC1)[C@H]1C(=O)O[C@H](c3ccccc3)[C@H](c3ccccc3)N1[C@@H]2c1cccc(OCCO)c1)C(C)C. The molecular formula is C58H59N7O12. The van der Waals surface area contributed by atoms with Gasteiger partial charge in [-0.2, -0.15) is 0 Å². The molecule has 398 valence electrons. The van der Waals surface area contributed by atoms with Crippen molar-refractivity contribution in [1.82, 2.24) is 25.3 Å². The largest absolute Gasteiger partial charge is 0.491 e. The molecule has 0 aliphatic carbocycles. The molecule has 5 aliphatic heterocycles. The third-order valence-electron chi connectivity index (χ3n) is 15.0. The van der Waals surface area contributed by atoms with Gasteiger partial charge in [0.05, 0.1) is 44.0 Å². The minimum Gasteiger partial charge on any atom is -0.491 e. The number of primary amides is 1. The number of piperazine rings is 1. The molecule has 5 aromatic rings. The number of imide groups is 1. The molecular weight excluding hydrogens is 987 g/mol. The maximum atomic E-state index is 16.9. The highest BCUT2D eigenvalue weighted by Crippen LogP contribution is 2.66. The average molecular weight is 1050 g/mol. The Morgan fingerprint density at radius 2 is 1.55 bits per heavy atom. The van der Waals surface area contributed by atoms with Crippen molar-refractivity contribution in [3.8, 4) is 29.1 Å². The second kappa shape index (κ2) is 22.0. The van der Waals surface area contributed by atoms with Crippen molar-refractivity contribution in [2.75, 3.05) is 64.7 Å². The number of fused-ring (bicyclic) bond motifs is 4. The monoisotopic (exact) mass is 1050 g/mol. The van der Waals surface area contributed by atoms with Gasteiger partial charge in [0.2, 0.25) is 18.6 Å². The maximum absolute atomic E-state index is 16.9. The van der Waals surface area contributed by atoms with E-state index < -0.39 is 83.3 Å². The number of morpholine rings is 1. The molecule has 5 aliphatic rings. The number of methoxy groups -OCH3 is 1. The number of carbonyl (C=O) groups excluding carboxylic acids is 6. The zero-order valence-corrected chi connectivity index (χ0v) is 42.8. The standard InChI is InChI=1S/C58H59N7O12/c1-35(2)47(53(68)73-3)61-57(72)64-43-21-19-36(12-11-23-60-56(59)71)30-42(43)58(55(64)70)46(52(67)63-26-24-62(25-27-63)33-37-20-22-44-45(31-37)76-34-75-44)49-54(69)77-50(39-15-8-5-9-16-39)48(38-13-6-4-7-14-38)65(49)51(58)40-17-10-18-41(32-40)74-29-28-66/h4-10,13-22,30-32,35,46-51,66H,23-29,33-34H2,1-3H3,(H,61,72)(H3,59,60,71)/t46-,47-,48-,49-,50+,51+,58-/m0/s1. The number of cyclic esters (lactones) is 1. The van der Waals surface area contributed by atoms with Gasteiger partial charge in [-0.05, 0) is 76.2 Å². The number of aliphatic hydroxyl groups excluding tert-OH is 1. The Morgan fingerprint density at radius 3 is 2.25 bits per heavy atom. The van der Waals surface area contributed by atoms with Crippen LogP contribution in [-0.4, -0.2) is 128 Å². The van der Waals surface area contributed by atoms with Crippen LogP contribution in [0.1, 0.15) is 65.4 Å². The minimum absolute atomic E-state index is 0.0675. The first-order valence-electron chi connectivity index (χ1n) is 25.5. The number of esters is 2. The van der Waals surface area contributed by atoms with E-state index in [1.807, 2.05) is 83.8 Å². The van der Waals surface area contributed by atoms with E-state index in [0.717, 1.165) is 10.5 Å². The number of benzene rings is 5. The fourth-order valence-corrected chi connectivity index (χ4v) is 11.6. The third-order valence-corrected chi connectivity index (χ3v) is 15.0. The number of ether oxygens (including phenoxy) is 5. The number of amides is 6. The van der Waals surface area contributed by atoms with Gasteiger partial charge in [0.25, 0.3) is 0 Å². The lowest BCUT2D eigenvalue weighted by Gasteiger charge is -2.46. The normalized spacial score (nSPS) is 22.8. The van der Waals surface area contributed by atoms with Crippen LogP contribution in [0.3, 0.4) is 0 Å². The smallest absolute Gasteiger partial charge is 0.329 e. The first kappa shape index (κ1) is 52.0. The molecule has 1 spiro atoms. The van der Waals surface area contributed by atoms with E-state index in [-0.39, 0.29) is 50.9 Å². The van der Waals surface area contributed by atoms with Gasteiger partial charge in [0.15, 0.2) is 11.5 Å². The number of urea groups is 2. The molecule has 10 rings (SSSR count). The fourth-order valence-electron chi connectivity index (χ4n) is 11.6. The minimum atomic E-state index is -2.16. The maximum Gasteiger partial charge on any atom is 0.329 e. The molecule has 0 bridgehead atoms. The summed E-state index contributed by atoms with van der Waals surface area (Å²) in [7, 11) is 1.20. The summed E-state index contributed by atoms with van der Waals surface area (Å²) in [6, 6.07) is 29.6. The molecule has 7 atom stereocenters. The van der Waals surface area contributed by atoms with Crippen LogP contribution in [-0.2, 0) is 40.6 Å². The summed E-state index contributed by atoms with van der Waals surface area (Å²) in [6.45, 7) is 4.91. The third kappa shape index (κ3) is 9.75. The first-order valence-corrected chi connectivity index (χ1v) is 25.5. The molecule has 5 heterocycles. The lowest BCUT2D eigenvalue weighted by Crippen LogP contribution is -2.59. The highest BCUT2D eigenvalue weighted by molar-refractivity contribution is 6.25. The molecule has 0 unspecified atom stereocenters. The molecule has 77 heavy (non-hydrogen) atoms. The summed E-state index contributed by atoms with van der Waals surface area (Å²) in [5, 5.41) is 15.1. The van der Waals surface area contributed by atoms with Crippen LogP contribution in [0.15, 0.2) is 121 Å². The van der Waals surface area contributed by atoms with Gasteiger partial charge < -0.3 is 50.1 Å². The zero-order valence-electron chi connectivity index (χ0n) is 42.8. The van der Waals surface area contributed by atoms with Crippen molar-refractivity contribution in [3.05, 3.63) is 155 Å². The van der Waals surface area contributed by atoms with Crippen LogP contribution in [0.4, 0.5) is 15.3 Å². The zero-order chi connectivity index (χ0) is 54.0. The highest BCUT2D eigenvalue weighted by Gasteiger charge is 2.76. The van der Waals surface area contributed by atoms with Crippen molar-refractivity contribution < 1.29 is 57.6 Å². The van der Waals surface area contributed by atoms with Gasteiger partial charge in [-0.1, -0.05) is 105 Å². The predicted molar refractivity (Wildman–Crippen MR) is 279 cm³/mol. The molecule has 3 fully saturated rings. The van der Waals surface area contributed by atoms with Crippen LogP contribution < -0.4 is 35.5 Å². The molecule has 19 nitrogen and oxygen atoms in total. The molecule has 19 heteroatoms. The molecule has 5 aromatic carbocycles. The number of aliphatic hydroxyl groups is 1. The van der Waals surface area contributed by atoms with Crippen LogP contribution in [0.5, 0.6) is 17.2 Å². The summed E-state index contributed by atoms with van der Waals surface area (Å²) in [4.78, 5) is 96.1. The van der Waals surface area contributed by atoms with Crippen LogP contribution >= 0.6 is 0 Å². The van der Waals surface area contributed by atoms with Gasteiger partial charge in [-0.25, -0.2) is 19.3 Å². The molecule has 0 saturated carbocycles. The Kier molecular flexibility index (Phi) is 14.9. The molecule has 5 N–H and O–H groups in total. The molecule has 3 saturated heterocycles. The Morgan fingerprint density at radius 1 is 0.831 bits per heavy atom. The average Bonchev–Trinajstić information content (AvgIpc) is 4.33. The lowest BCUT2D eigenvalue weighted by atomic mass is 9.64. The number of carbonyl (C=O) groups is 6. The van der Waals surface area contributed by atoms with E-state index in [2.05, 4.69) is 27.4 Å². The van der Waals surface area contributed by atoms with E-state index in [1.54, 1.807) is 61.2 Å². The second-order valence-corrected chi connectivity index (χ2v) is 19.8. The summed E-state index contributed by atoms with van der Waals surface area (Å²) in [5.74, 6) is 2.63. The number of nitrogens with two attached hydrogens (primary N) is 1. The number of nitrogens with zero attached hydrogens (tertiary/aromatic N) is 4. The van der Waals surface area contributed by atoms with E-state index in [0.29, 0.717) is 59.1 Å². The number of nitrogens with one attached hydrogen (secondary N) is 2. The molecule has 0 radical (unpaired) electrons. The summed E-state index contributed by atoms with van der Waals surface area (Å²) in [6.07, 6.45) is -0.985. The number of hydrogen-bond donors (Lipinski definition) is 4. The van der Waals surface area contributed by atoms with Gasteiger partial charge in [-0.3, -0.25) is 24.2 Å². The van der Waals surface area contributed by atoms with Crippen LogP contribution in [0.25, 0.3) is 0 Å². The Bertz CT molecular complexity index is 3140. The van der Waals surface area contributed by atoms with Gasteiger partial charge in [0.1, 0.15) is 36.0 Å². The van der Waals surface area contributed by atoms with Crippen molar-refractivity contribution in [1.29, 1.82) is 0 Å². The topological polar surface area (TPSA) is 232 Å². The van der Waals surface area contributed by atoms with E-state index >= 15 is 19.2 Å². The van der Waals surface area contributed by atoms with E-state index in [1.165, 1.54) is 7.11 Å². The molecule has 0 aromatic heterocycles. The quantitative estimate of drug-likeness (QED) is 0.0924. The number of anilines is 1. The number of hydrogen-bond acceptors (Lipinski definition) is 14.